The van der Waals surface area contributed by atoms with Crippen LogP contribution in [0.2, 0.25) is 0 Å². The minimum atomic E-state index is -1.48. The molecule has 1 amide bonds. The van der Waals surface area contributed by atoms with Crippen molar-refractivity contribution in [2.75, 3.05) is 26.2 Å². The highest BCUT2D eigenvalue weighted by Gasteiger charge is 2.38. The second kappa shape index (κ2) is 6.19. The molecule has 130 valence electrons. The van der Waals surface area contributed by atoms with E-state index in [4.69, 9.17) is 0 Å². The van der Waals surface area contributed by atoms with Crippen LogP contribution in [0.4, 0.5) is 13.2 Å². The number of fused-ring (bicyclic) bond motifs is 1. The Kier molecular flexibility index (Phi) is 4.00. The number of amides is 1. The van der Waals surface area contributed by atoms with E-state index in [1.54, 1.807) is 24.3 Å². The van der Waals surface area contributed by atoms with Gasteiger partial charge in [0.1, 0.15) is 0 Å². The number of nitrogens with zero attached hydrogens (tertiary/aromatic N) is 1. The topological polar surface area (TPSA) is 32.3 Å². The largest absolute Gasteiger partial charge is 0.338 e. The number of likely N-dealkylation sites (tertiary alicyclic amines) is 1. The van der Waals surface area contributed by atoms with Gasteiger partial charge in [-0.2, -0.15) is 0 Å². The van der Waals surface area contributed by atoms with E-state index < -0.39 is 17.5 Å². The van der Waals surface area contributed by atoms with Crippen LogP contribution in [-0.2, 0) is 0 Å². The highest BCUT2D eigenvalue weighted by atomic mass is 19.2. The third-order valence-electron chi connectivity index (χ3n) is 5.13. The van der Waals surface area contributed by atoms with Gasteiger partial charge in [0, 0.05) is 31.7 Å². The number of halogens is 3. The maximum absolute atomic E-state index is 13.4. The fraction of sp³-hybridized carbons (Fsp3) is 0.316. The minimum Gasteiger partial charge on any atom is -0.338 e. The summed E-state index contributed by atoms with van der Waals surface area (Å²) in [5, 5.41) is 3.34. The Morgan fingerprint density at radius 1 is 0.920 bits per heavy atom. The van der Waals surface area contributed by atoms with E-state index in [9.17, 15) is 18.0 Å². The van der Waals surface area contributed by atoms with Gasteiger partial charge >= 0.3 is 0 Å². The van der Waals surface area contributed by atoms with Crippen LogP contribution in [-0.4, -0.2) is 37.0 Å². The molecule has 0 aliphatic carbocycles. The zero-order chi connectivity index (χ0) is 17.6. The number of carbonyl (C=O) groups is 1. The van der Waals surface area contributed by atoms with E-state index in [1.165, 1.54) is 0 Å². The maximum atomic E-state index is 13.4. The SMILES string of the molecule is O=C(c1ccc(-c2cc(F)c(F)c(F)c2)cc1)N1C[C@H]2CNC[C@H]2C1. The molecule has 2 saturated heterocycles. The molecule has 0 unspecified atom stereocenters. The lowest BCUT2D eigenvalue weighted by molar-refractivity contribution is 0.0781. The molecule has 2 aliphatic heterocycles. The summed E-state index contributed by atoms with van der Waals surface area (Å²) in [7, 11) is 0. The smallest absolute Gasteiger partial charge is 0.253 e. The van der Waals surface area contributed by atoms with Crippen molar-refractivity contribution in [1.82, 2.24) is 10.2 Å². The zero-order valence-corrected chi connectivity index (χ0v) is 13.4. The molecule has 2 aromatic rings. The van der Waals surface area contributed by atoms with Gasteiger partial charge in [-0.25, -0.2) is 13.2 Å². The van der Waals surface area contributed by atoms with Gasteiger partial charge < -0.3 is 10.2 Å². The van der Waals surface area contributed by atoms with E-state index in [0.717, 1.165) is 38.3 Å². The Balaban J connectivity index is 1.53. The van der Waals surface area contributed by atoms with Crippen molar-refractivity contribution in [1.29, 1.82) is 0 Å². The Labute approximate surface area is 143 Å². The number of nitrogens with one attached hydrogen (secondary N) is 1. The number of rotatable bonds is 2. The van der Waals surface area contributed by atoms with Crippen molar-refractivity contribution in [3.63, 3.8) is 0 Å². The van der Waals surface area contributed by atoms with Gasteiger partial charge in [0.15, 0.2) is 17.5 Å². The third kappa shape index (κ3) is 2.91. The molecule has 25 heavy (non-hydrogen) atoms. The molecule has 2 atom stereocenters. The van der Waals surface area contributed by atoms with E-state index in [-0.39, 0.29) is 11.5 Å². The van der Waals surface area contributed by atoms with Crippen LogP contribution in [0.25, 0.3) is 11.1 Å². The van der Waals surface area contributed by atoms with Crippen molar-refractivity contribution in [2.45, 2.75) is 0 Å². The summed E-state index contributed by atoms with van der Waals surface area (Å²) in [5.74, 6) is -2.93. The van der Waals surface area contributed by atoms with Crippen LogP contribution < -0.4 is 5.32 Å². The first kappa shape index (κ1) is 16.1. The molecule has 6 heteroatoms. The monoisotopic (exact) mass is 346 g/mol. The Bertz CT molecular complexity index is 787. The van der Waals surface area contributed by atoms with Crippen LogP contribution >= 0.6 is 0 Å². The second-order valence-electron chi connectivity index (χ2n) is 6.72. The van der Waals surface area contributed by atoms with Crippen LogP contribution in [0.5, 0.6) is 0 Å². The fourth-order valence-electron chi connectivity index (χ4n) is 3.73. The standard InChI is InChI=1S/C19H17F3N2O/c20-16-5-13(6-17(21)18(16)22)11-1-3-12(4-2-11)19(25)24-9-14-7-23-8-15(14)10-24/h1-6,14-15,23H,7-10H2/t14-,15+. The molecule has 0 bridgehead atoms. The van der Waals surface area contributed by atoms with Gasteiger partial charge in [0.25, 0.3) is 5.91 Å². The summed E-state index contributed by atoms with van der Waals surface area (Å²) in [5.41, 5.74) is 1.30. The fourth-order valence-corrected chi connectivity index (χ4v) is 3.73. The van der Waals surface area contributed by atoms with Gasteiger partial charge in [0.2, 0.25) is 0 Å². The maximum Gasteiger partial charge on any atom is 0.253 e. The predicted molar refractivity (Wildman–Crippen MR) is 87.5 cm³/mol. The molecule has 2 heterocycles. The van der Waals surface area contributed by atoms with Crippen LogP contribution in [0.1, 0.15) is 10.4 Å². The number of benzene rings is 2. The Hall–Kier alpha value is -2.34. The summed E-state index contributed by atoms with van der Waals surface area (Å²) < 4.78 is 39.8. The van der Waals surface area contributed by atoms with Gasteiger partial charge in [-0.15, -0.1) is 0 Å². The predicted octanol–water partition coefficient (Wildman–Crippen LogP) is 3.06. The van der Waals surface area contributed by atoms with E-state index in [1.807, 2.05) is 4.90 Å². The van der Waals surface area contributed by atoms with Crippen LogP contribution in [0.3, 0.4) is 0 Å². The molecule has 3 nitrogen and oxygen atoms in total. The molecule has 2 aliphatic rings. The molecule has 2 fully saturated rings. The molecule has 0 radical (unpaired) electrons. The lowest BCUT2D eigenvalue weighted by Crippen LogP contribution is -2.31. The van der Waals surface area contributed by atoms with Gasteiger partial charge in [-0.3, -0.25) is 4.79 Å². The molecule has 4 rings (SSSR count). The lowest BCUT2D eigenvalue weighted by atomic mass is 10.0. The Morgan fingerprint density at radius 2 is 1.48 bits per heavy atom. The quantitative estimate of drug-likeness (QED) is 0.848. The van der Waals surface area contributed by atoms with Crippen molar-refractivity contribution in [2.24, 2.45) is 11.8 Å². The summed E-state index contributed by atoms with van der Waals surface area (Å²) in [6.45, 7) is 3.42. The molecule has 0 aromatic heterocycles. The number of hydrogen-bond acceptors (Lipinski definition) is 2. The van der Waals surface area contributed by atoms with E-state index >= 15 is 0 Å². The first-order chi connectivity index (χ1) is 12.0. The zero-order valence-electron chi connectivity index (χ0n) is 13.4. The molecule has 0 spiro atoms. The summed E-state index contributed by atoms with van der Waals surface area (Å²) in [6.07, 6.45) is 0. The molecular weight excluding hydrogens is 329 g/mol. The van der Waals surface area contributed by atoms with Crippen LogP contribution in [0, 0.1) is 29.3 Å². The normalized spacial score (nSPS) is 22.3. The highest BCUT2D eigenvalue weighted by Crippen LogP contribution is 2.28. The van der Waals surface area contributed by atoms with E-state index in [0.29, 0.717) is 23.0 Å². The van der Waals surface area contributed by atoms with Gasteiger partial charge in [-0.1, -0.05) is 12.1 Å². The lowest BCUT2D eigenvalue weighted by Gasteiger charge is -2.17. The van der Waals surface area contributed by atoms with Gasteiger partial charge in [0.05, 0.1) is 0 Å². The summed E-state index contributed by atoms with van der Waals surface area (Å²) in [6, 6.07) is 8.43. The number of carbonyl (C=O) groups excluding carboxylic acids is 1. The van der Waals surface area contributed by atoms with Crippen molar-refractivity contribution in [3.8, 4) is 11.1 Å². The number of hydrogen-bond donors (Lipinski definition) is 1. The Morgan fingerprint density at radius 3 is 2.04 bits per heavy atom. The second-order valence-corrected chi connectivity index (χ2v) is 6.72. The van der Waals surface area contributed by atoms with Crippen molar-refractivity contribution in [3.05, 3.63) is 59.4 Å². The molecule has 2 aromatic carbocycles. The molecular formula is C19H17F3N2O. The first-order valence-electron chi connectivity index (χ1n) is 8.28. The highest BCUT2D eigenvalue weighted by molar-refractivity contribution is 5.95. The third-order valence-corrected chi connectivity index (χ3v) is 5.13. The average Bonchev–Trinajstić information content (AvgIpc) is 3.20. The average molecular weight is 346 g/mol. The van der Waals surface area contributed by atoms with E-state index in [2.05, 4.69) is 5.32 Å². The van der Waals surface area contributed by atoms with Crippen molar-refractivity contribution >= 4 is 5.91 Å². The van der Waals surface area contributed by atoms with Crippen LogP contribution in [0.15, 0.2) is 36.4 Å². The first-order valence-corrected chi connectivity index (χ1v) is 8.28. The summed E-state index contributed by atoms with van der Waals surface area (Å²) in [4.78, 5) is 14.5. The molecule has 1 N–H and O–H groups in total. The molecule has 0 saturated carbocycles. The van der Waals surface area contributed by atoms with Gasteiger partial charge in [-0.05, 0) is 47.2 Å². The van der Waals surface area contributed by atoms with Crippen molar-refractivity contribution < 1.29 is 18.0 Å². The minimum absolute atomic E-state index is 0.0302. The summed E-state index contributed by atoms with van der Waals surface area (Å²) >= 11 is 0.